The highest BCUT2D eigenvalue weighted by Crippen LogP contribution is 2.42. The molecule has 0 spiro atoms. The number of rotatable bonds is 4. The normalized spacial score (nSPS) is 24.8. The Morgan fingerprint density at radius 3 is 2.74 bits per heavy atom. The van der Waals surface area contributed by atoms with Gasteiger partial charge in [-0.3, -0.25) is 0 Å². The highest BCUT2D eigenvalue weighted by Gasteiger charge is 2.35. The molecule has 1 aromatic heterocycles. The van der Waals surface area contributed by atoms with Crippen molar-refractivity contribution in [2.45, 2.75) is 65.6 Å². The molecular weight excluding hydrogens is 238 g/mol. The van der Waals surface area contributed by atoms with Crippen molar-refractivity contribution in [3.63, 3.8) is 0 Å². The molecule has 2 rings (SSSR count). The van der Waals surface area contributed by atoms with E-state index in [1.807, 2.05) is 6.92 Å². The van der Waals surface area contributed by atoms with Gasteiger partial charge in [0.05, 0.1) is 6.10 Å². The minimum atomic E-state index is 0.210. The number of hydrogen-bond donors (Lipinski definition) is 1. The van der Waals surface area contributed by atoms with Crippen molar-refractivity contribution in [3.05, 3.63) is 23.2 Å². The third-order valence-electron chi connectivity index (χ3n) is 4.28. The van der Waals surface area contributed by atoms with E-state index in [0.29, 0.717) is 12.1 Å². The SMILES string of the molecule is COC(C)C(C)NC1CC(C)(C)Cc2oc(C)cc21. The second kappa shape index (κ2) is 5.29. The van der Waals surface area contributed by atoms with E-state index in [1.165, 1.54) is 5.56 Å². The largest absolute Gasteiger partial charge is 0.466 e. The Hall–Kier alpha value is -0.800. The van der Waals surface area contributed by atoms with E-state index in [9.17, 15) is 0 Å². The molecule has 3 heteroatoms. The van der Waals surface area contributed by atoms with Gasteiger partial charge in [-0.15, -0.1) is 0 Å². The van der Waals surface area contributed by atoms with E-state index < -0.39 is 0 Å². The lowest BCUT2D eigenvalue weighted by molar-refractivity contribution is 0.0793. The van der Waals surface area contributed by atoms with Gasteiger partial charge in [-0.2, -0.15) is 0 Å². The van der Waals surface area contributed by atoms with Crippen molar-refractivity contribution in [2.75, 3.05) is 7.11 Å². The molecule has 0 bridgehead atoms. The van der Waals surface area contributed by atoms with Gasteiger partial charge in [-0.05, 0) is 38.7 Å². The lowest BCUT2D eigenvalue weighted by Gasteiger charge is -2.37. The summed E-state index contributed by atoms with van der Waals surface area (Å²) in [4.78, 5) is 0. The summed E-state index contributed by atoms with van der Waals surface area (Å²) in [7, 11) is 1.76. The fourth-order valence-corrected chi connectivity index (χ4v) is 2.99. The highest BCUT2D eigenvalue weighted by atomic mass is 16.5. The standard InChI is InChI=1S/C16H27NO2/c1-10-7-13-14(17-11(2)12(3)18-6)8-16(4,5)9-15(13)19-10/h7,11-12,14,17H,8-9H2,1-6H3. The van der Waals surface area contributed by atoms with E-state index in [0.717, 1.165) is 24.4 Å². The average molecular weight is 265 g/mol. The van der Waals surface area contributed by atoms with Gasteiger partial charge >= 0.3 is 0 Å². The maximum Gasteiger partial charge on any atom is 0.109 e. The number of nitrogens with one attached hydrogen (secondary N) is 1. The zero-order chi connectivity index (χ0) is 14.2. The summed E-state index contributed by atoms with van der Waals surface area (Å²) in [6.45, 7) is 10.9. The molecule has 0 amide bonds. The zero-order valence-electron chi connectivity index (χ0n) is 13.0. The van der Waals surface area contributed by atoms with Gasteiger partial charge in [0.15, 0.2) is 0 Å². The predicted molar refractivity (Wildman–Crippen MR) is 77.4 cm³/mol. The smallest absolute Gasteiger partial charge is 0.109 e. The summed E-state index contributed by atoms with van der Waals surface area (Å²) < 4.78 is 11.3. The number of hydrogen-bond acceptors (Lipinski definition) is 3. The number of aryl methyl sites for hydroxylation is 1. The molecule has 3 nitrogen and oxygen atoms in total. The van der Waals surface area contributed by atoms with Gasteiger partial charge < -0.3 is 14.5 Å². The molecule has 1 N–H and O–H groups in total. The number of ether oxygens (including phenoxy) is 1. The van der Waals surface area contributed by atoms with Crippen molar-refractivity contribution >= 4 is 0 Å². The first-order valence-corrected chi connectivity index (χ1v) is 7.20. The third-order valence-corrected chi connectivity index (χ3v) is 4.28. The van der Waals surface area contributed by atoms with Crippen LogP contribution in [0, 0.1) is 12.3 Å². The molecule has 0 saturated heterocycles. The van der Waals surface area contributed by atoms with Crippen LogP contribution in [0.4, 0.5) is 0 Å². The molecule has 0 saturated carbocycles. The first kappa shape index (κ1) is 14.6. The van der Waals surface area contributed by atoms with Gasteiger partial charge in [-0.1, -0.05) is 13.8 Å². The van der Waals surface area contributed by atoms with E-state index in [4.69, 9.17) is 9.15 Å². The van der Waals surface area contributed by atoms with Crippen LogP contribution in [0.1, 0.15) is 57.2 Å². The van der Waals surface area contributed by atoms with E-state index >= 15 is 0 Å². The molecule has 3 unspecified atom stereocenters. The zero-order valence-corrected chi connectivity index (χ0v) is 13.0. The first-order chi connectivity index (χ1) is 8.82. The molecule has 19 heavy (non-hydrogen) atoms. The average Bonchev–Trinajstić information content (AvgIpc) is 2.66. The topological polar surface area (TPSA) is 34.4 Å². The Morgan fingerprint density at radius 2 is 2.11 bits per heavy atom. The van der Waals surface area contributed by atoms with Crippen LogP contribution in [0.3, 0.4) is 0 Å². The van der Waals surface area contributed by atoms with Crippen LogP contribution in [0.25, 0.3) is 0 Å². The monoisotopic (exact) mass is 265 g/mol. The number of methoxy groups -OCH3 is 1. The quantitative estimate of drug-likeness (QED) is 0.903. The summed E-state index contributed by atoms with van der Waals surface area (Å²) in [6, 6.07) is 2.88. The van der Waals surface area contributed by atoms with E-state index in [-0.39, 0.29) is 11.5 Å². The van der Waals surface area contributed by atoms with Crippen LogP contribution >= 0.6 is 0 Å². The second-order valence-corrected chi connectivity index (χ2v) is 6.73. The molecule has 0 aromatic carbocycles. The highest BCUT2D eigenvalue weighted by molar-refractivity contribution is 5.29. The fourth-order valence-electron chi connectivity index (χ4n) is 2.99. The fraction of sp³-hybridized carbons (Fsp3) is 0.750. The van der Waals surface area contributed by atoms with Crippen molar-refractivity contribution in [3.8, 4) is 0 Å². The van der Waals surface area contributed by atoms with Crippen LogP contribution in [0.5, 0.6) is 0 Å². The summed E-state index contributed by atoms with van der Waals surface area (Å²) in [5, 5.41) is 3.71. The number of fused-ring (bicyclic) bond motifs is 1. The van der Waals surface area contributed by atoms with Crippen molar-refractivity contribution in [1.29, 1.82) is 0 Å². The minimum absolute atomic E-state index is 0.210. The van der Waals surface area contributed by atoms with Crippen LogP contribution in [0.15, 0.2) is 10.5 Å². The van der Waals surface area contributed by atoms with Crippen LogP contribution < -0.4 is 5.32 Å². The molecule has 1 heterocycles. The number of furan rings is 1. The Bertz CT molecular complexity index is 436. The van der Waals surface area contributed by atoms with Gasteiger partial charge in [0.25, 0.3) is 0 Å². The van der Waals surface area contributed by atoms with Gasteiger partial charge in [0, 0.05) is 31.2 Å². The molecule has 1 aliphatic rings. The first-order valence-electron chi connectivity index (χ1n) is 7.20. The van der Waals surface area contributed by atoms with Crippen LogP contribution in [0.2, 0.25) is 0 Å². The van der Waals surface area contributed by atoms with Crippen LogP contribution in [-0.4, -0.2) is 19.3 Å². The Balaban J connectivity index is 2.20. The lowest BCUT2D eigenvalue weighted by Crippen LogP contribution is -2.42. The van der Waals surface area contributed by atoms with Crippen molar-refractivity contribution in [1.82, 2.24) is 5.32 Å². The predicted octanol–water partition coefficient (Wildman–Crippen LogP) is 3.61. The van der Waals surface area contributed by atoms with Crippen molar-refractivity contribution < 1.29 is 9.15 Å². The van der Waals surface area contributed by atoms with E-state index in [1.54, 1.807) is 7.11 Å². The van der Waals surface area contributed by atoms with Gasteiger partial charge in [-0.25, -0.2) is 0 Å². The summed E-state index contributed by atoms with van der Waals surface area (Å²) in [5.74, 6) is 2.17. The third kappa shape index (κ3) is 3.21. The molecule has 108 valence electrons. The van der Waals surface area contributed by atoms with Crippen LogP contribution in [-0.2, 0) is 11.2 Å². The molecular formula is C16H27NO2. The van der Waals surface area contributed by atoms with Gasteiger partial charge in [0.1, 0.15) is 11.5 Å². The molecule has 0 aliphatic heterocycles. The molecule has 0 fully saturated rings. The Kier molecular flexibility index (Phi) is 4.07. The van der Waals surface area contributed by atoms with E-state index in [2.05, 4.69) is 39.1 Å². The Labute approximate surface area is 116 Å². The molecule has 0 radical (unpaired) electrons. The van der Waals surface area contributed by atoms with Gasteiger partial charge in [0.2, 0.25) is 0 Å². The molecule has 1 aromatic rings. The molecule has 1 aliphatic carbocycles. The lowest BCUT2D eigenvalue weighted by atomic mass is 9.74. The summed E-state index contributed by atoms with van der Waals surface area (Å²) in [5.41, 5.74) is 1.62. The summed E-state index contributed by atoms with van der Waals surface area (Å²) >= 11 is 0. The maximum absolute atomic E-state index is 5.87. The second-order valence-electron chi connectivity index (χ2n) is 6.73. The minimum Gasteiger partial charge on any atom is -0.466 e. The Morgan fingerprint density at radius 1 is 1.42 bits per heavy atom. The molecule has 3 atom stereocenters. The van der Waals surface area contributed by atoms with Crippen molar-refractivity contribution in [2.24, 2.45) is 5.41 Å². The maximum atomic E-state index is 5.87. The summed E-state index contributed by atoms with van der Waals surface area (Å²) in [6.07, 6.45) is 2.38.